The summed E-state index contributed by atoms with van der Waals surface area (Å²) < 4.78 is 19.1. The first-order chi connectivity index (χ1) is 9.63. The average molecular weight is 272 g/mol. The lowest BCUT2D eigenvalue weighted by Crippen LogP contribution is -2.00. The molecule has 0 unspecified atom stereocenters. The van der Waals surface area contributed by atoms with Gasteiger partial charge < -0.3 is 9.84 Å². The summed E-state index contributed by atoms with van der Waals surface area (Å²) in [6.07, 6.45) is 2.45. The molecule has 2 aromatic rings. The van der Waals surface area contributed by atoms with Crippen LogP contribution in [0.5, 0.6) is 5.75 Å². The van der Waals surface area contributed by atoms with Crippen molar-refractivity contribution in [1.29, 1.82) is 0 Å². The fourth-order valence-corrected chi connectivity index (χ4v) is 2.00. The molecule has 0 saturated heterocycles. The third kappa shape index (κ3) is 2.64. The number of hydrogen-bond donors (Lipinski definition) is 1. The molecular weight excluding hydrogens is 259 g/mol. The summed E-state index contributed by atoms with van der Waals surface area (Å²) in [4.78, 5) is 11.0. The minimum atomic E-state index is -1.27. The van der Waals surface area contributed by atoms with Crippen molar-refractivity contribution in [1.82, 2.24) is 0 Å². The number of carboxylic acid groups (broad SMARTS) is 1. The molecule has 102 valence electrons. The Hall–Kier alpha value is -2.36. The standard InChI is InChI=1S/C16H13FO3/c17-15-7-4-11(9-14(15)16(18)19)10-2-1-3-13(8-10)20-12-5-6-12/h1-4,7-9,12H,5-6H2,(H,18,19). The smallest absolute Gasteiger partial charge is 0.338 e. The molecule has 1 aliphatic carbocycles. The lowest BCUT2D eigenvalue weighted by Gasteiger charge is -2.08. The molecule has 1 aliphatic rings. The van der Waals surface area contributed by atoms with E-state index < -0.39 is 11.8 Å². The second-order valence-electron chi connectivity index (χ2n) is 4.84. The molecule has 0 heterocycles. The maximum Gasteiger partial charge on any atom is 0.338 e. The first-order valence-corrected chi connectivity index (χ1v) is 6.43. The second-order valence-corrected chi connectivity index (χ2v) is 4.84. The van der Waals surface area contributed by atoms with Gasteiger partial charge in [-0.2, -0.15) is 0 Å². The number of aromatic carboxylic acids is 1. The Morgan fingerprint density at radius 3 is 2.60 bits per heavy atom. The minimum absolute atomic E-state index is 0.299. The van der Waals surface area contributed by atoms with Gasteiger partial charge in [0.1, 0.15) is 11.6 Å². The molecule has 1 N–H and O–H groups in total. The Morgan fingerprint density at radius 2 is 1.90 bits per heavy atom. The molecule has 2 aromatic carbocycles. The Labute approximate surface area is 115 Å². The van der Waals surface area contributed by atoms with Crippen LogP contribution in [-0.4, -0.2) is 17.2 Å². The summed E-state index contributed by atoms with van der Waals surface area (Å²) in [5, 5.41) is 8.95. The van der Waals surface area contributed by atoms with E-state index >= 15 is 0 Å². The van der Waals surface area contributed by atoms with Crippen molar-refractivity contribution in [3.63, 3.8) is 0 Å². The molecule has 0 aromatic heterocycles. The van der Waals surface area contributed by atoms with E-state index in [4.69, 9.17) is 9.84 Å². The Morgan fingerprint density at radius 1 is 1.15 bits per heavy atom. The molecule has 0 amide bonds. The van der Waals surface area contributed by atoms with E-state index in [1.54, 1.807) is 6.07 Å². The van der Waals surface area contributed by atoms with Crippen molar-refractivity contribution >= 4 is 5.97 Å². The van der Waals surface area contributed by atoms with Crippen molar-refractivity contribution in [3.05, 3.63) is 53.8 Å². The summed E-state index contributed by atoms with van der Waals surface area (Å²) >= 11 is 0. The van der Waals surface area contributed by atoms with Crippen LogP contribution in [0.4, 0.5) is 4.39 Å². The van der Waals surface area contributed by atoms with Gasteiger partial charge in [-0.05, 0) is 48.2 Å². The minimum Gasteiger partial charge on any atom is -0.490 e. The number of rotatable bonds is 4. The van der Waals surface area contributed by atoms with Crippen molar-refractivity contribution < 1.29 is 19.0 Å². The lowest BCUT2D eigenvalue weighted by molar-refractivity contribution is 0.0692. The molecule has 3 rings (SSSR count). The fraction of sp³-hybridized carbons (Fsp3) is 0.188. The van der Waals surface area contributed by atoms with Crippen LogP contribution in [0.2, 0.25) is 0 Å². The molecule has 0 atom stereocenters. The molecule has 0 radical (unpaired) electrons. The van der Waals surface area contributed by atoms with E-state index in [0.717, 1.165) is 24.2 Å². The van der Waals surface area contributed by atoms with Gasteiger partial charge in [0.25, 0.3) is 0 Å². The number of hydrogen-bond acceptors (Lipinski definition) is 2. The predicted molar refractivity (Wildman–Crippen MR) is 72.4 cm³/mol. The Kier molecular flexibility index (Phi) is 3.14. The molecule has 0 spiro atoms. The highest BCUT2D eigenvalue weighted by molar-refractivity contribution is 5.89. The van der Waals surface area contributed by atoms with E-state index in [-0.39, 0.29) is 5.56 Å². The predicted octanol–water partition coefficient (Wildman–Crippen LogP) is 3.73. The fourth-order valence-electron chi connectivity index (χ4n) is 2.00. The highest BCUT2D eigenvalue weighted by atomic mass is 19.1. The molecule has 1 saturated carbocycles. The van der Waals surface area contributed by atoms with Crippen LogP contribution in [0.25, 0.3) is 11.1 Å². The molecule has 4 heteroatoms. The van der Waals surface area contributed by atoms with Crippen molar-refractivity contribution in [2.45, 2.75) is 18.9 Å². The number of carbonyl (C=O) groups is 1. The topological polar surface area (TPSA) is 46.5 Å². The zero-order valence-electron chi connectivity index (χ0n) is 10.7. The Balaban J connectivity index is 1.95. The van der Waals surface area contributed by atoms with Crippen molar-refractivity contribution in [3.8, 4) is 16.9 Å². The highest BCUT2D eigenvalue weighted by Gasteiger charge is 2.23. The molecular formula is C16H13FO3. The van der Waals surface area contributed by atoms with Gasteiger partial charge in [0.15, 0.2) is 0 Å². The van der Waals surface area contributed by atoms with Crippen LogP contribution < -0.4 is 4.74 Å². The van der Waals surface area contributed by atoms with Gasteiger partial charge in [0, 0.05) is 0 Å². The summed E-state index contributed by atoms with van der Waals surface area (Å²) in [7, 11) is 0. The molecule has 20 heavy (non-hydrogen) atoms. The lowest BCUT2D eigenvalue weighted by atomic mass is 10.0. The van der Waals surface area contributed by atoms with E-state index in [0.29, 0.717) is 11.7 Å². The quantitative estimate of drug-likeness (QED) is 0.922. The molecule has 1 fully saturated rings. The maximum absolute atomic E-state index is 13.4. The van der Waals surface area contributed by atoms with Gasteiger partial charge in [0.05, 0.1) is 11.7 Å². The van der Waals surface area contributed by atoms with Crippen LogP contribution in [-0.2, 0) is 0 Å². The normalized spacial score (nSPS) is 14.1. The van der Waals surface area contributed by atoms with Crippen LogP contribution in [0.1, 0.15) is 23.2 Å². The zero-order chi connectivity index (χ0) is 14.1. The van der Waals surface area contributed by atoms with Gasteiger partial charge in [-0.3, -0.25) is 0 Å². The van der Waals surface area contributed by atoms with Crippen LogP contribution in [0.3, 0.4) is 0 Å². The van der Waals surface area contributed by atoms with Crippen molar-refractivity contribution in [2.75, 3.05) is 0 Å². The number of carboxylic acids is 1. The summed E-state index contributed by atoms with van der Waals surface area (Å²) in [5.74, 6) is -1.24. The van der Waals surface area contributed by atoms with Gasteiger partial charge >= 0.3 is 5.97 Å². The Bertz CT molecular complexity index is 663. The van der Waals surface area contributed by atoms with Crippen LogP contribution in [0, 0.1) is 5.82 Å². The first kappa shape index (κ1) is 12.7. The summed E-state index contributed by atoms with van der Waals surface area (Å²) in [5.41, 5.74) is 1.15. The molecule has 0 bridgehead atoms. The van der Waals surface area contributed by atoms with Crippen molar-refractivity contribution in [2.24, 2.45) is 0 Å². The SMILES string of the molecule is O=C(O)c1cc(-c2cccc(OC3CC3)c2)ccc1F. The van der Waals surface area contributed by atoms with Crippen LogP contribution in [0.15, 0.2) is 42.5 Å². The van der Waals surface area contributed by atoms with Gasteiger partial charge in [-0.1, -0.05) is 18.2 Å². The van der Waals surface area contributed by atoms with E-state index in [2.05, 4.69) is 0 Å². The van der Waals surface area contributed by atoms with Crippen LogP contribution >= 0.6 is 0 Å². The van der Waals surface area contributed by atoms with E-state index in [1.165, 1.54) is 12.1 Å². The average Bonchev–Trinajstić information content (AvgIpc) is 3.23. The summed E-state index contributed by atoms with van der Waals surface area (Å²) in [6, 6.07) is 11.5. The first-order valence-electron chi connectivity index (χ1n) is 6.43. The molecule has 0 aliphatic heterocycles. The largest absolute Gasteiger partial charge is 0.490 e. The number of ether oxygens (including phenoxy) is 1. The summed E-state index contributed by atoms with van der Waals surface area (Å²) in [6.45, 7) is 0. The third-order valence-corrected chi connectivity index (χ3v) is 3.19. The van der Waals surface area contributed by atoms with E-state index in [1.807, 2.05) is 24.3 Å². The maximum atomic E-state index is 13.4. The zero-order valence-corrected chi connectivity index (χ0v) is 10.7. The van der Waals surface area contributed by atoms with E-state index in [9.17, 15) is 9.18 Å². The third-order valence-electron chi connectivity index (χ3n) is 3.19. The van der Waals surface area contributed by atoms with Gasteiger partial charge in [0.2, 0.25) is 0 Å². The van der Waals surface area contributed by atoms with Gasteiger partial charge in [-0.25, -0.2) is 9.18 Å². The molecule has 3 nitrogen and oxygen atoms in total. The number of halogens is 1. The number of benzene rings is 2. The monoisotopic (exact) mass is 272 g/mol. The second kappa shape index (κ2) is 4.96. The highest BCUT2D eigenvalue weighted by Crippen LogP contribution is 2.30. The van der Waals surface area contributed by atoms with Gasteiger partial charge in [-0.15, -0.1) is 0 Å².